The molecule has 2 aliphatic heterocycles. The maximum absolute atomic E-state index is 13.6. The summed E-state index contributed by atoms with van der Waals surface area (Å²) in [5, 5.41) is 0.0394. The summed E-state index contributed by atoms with van der Waals surface area (Å²) in [6.07, 6.45) is 3.94. The van der Waals surface area contributed by atoms with E-state index < -0.39 is 16.9 Å². The van der Waals surface area contributed by atoms with Gasteiger partial charge in [0.1, 0.15) is 6.04 Å². The molecule has 3 atom stereocenters. The minimum Gasteiger partial charge on any atom is -0.451 e. The number of β-lactam (4-membered cyclic amide) rings is 1. The van der Waals surface area contributed by atoms with Crippen LogP contribution in [0.4, 0.5) is 0 Å². The Balaban J connectivity index is 1.46. The number of ether oxygens (including phenoxy) is 1. The van der Waals surface area contributed by atoms with Crippen molar-refractivity contribution in [3.05, 3.63) is 96.3 Å². The van der Waals surface area contributed by atoms with Crippen LogP contribution in [0.5, 0.6) is 0 Å². The Morgan fingerprint density at radius 3 is 2.16 bits per heavy atom. The summed E-state index contributed by atoms with van der Waals surface area (Å²) in [4.78, 5) is 27.8. The van der Waals surface area contributed by atoms with Gasteiger partial charge in [-0.2, -0.15) is 0 Å². The van der Waals surface area contributed by atoms with Gasteiger partial charge in [0.2, 0.25) is 5.91 Å². The molecule has 1 aromatic heterocycles. The zero-order chi connectivity index (χ0) is 21.4. The maximum Gasteiger partial charge on any atom is 0.331 e. The van der Waals surface area contributed by atoms with Crippen LogP contribution in [0.2, 0.25) is 0 Å². The quantitative estimate of drug-likeness (QED) is 0.432. The highest BCUT2D eigenvalue weighted by Gasteiger charge is 2.61. The summed E-state index contributed by atoms with van der Waals surface area (Å²) in [6, 6.07) is 22.8. The van der Waals surface area contributed by atoms with Gasteiger partial charge in [-0.15, -0.1) is 11.8 Å². The number of amides is 1. The molecule has 0 saturated carbocycles. The van der Waals surface area contributed by atoms with Crippen molar-refractivity contribution in [3.63, 3.8) is 0 Å². The zero-order valence-electron chi connectivity index (χ0n) is 17.3. The van der Waals surface area contributed by atoms with Crippen molar-refractivity contribution >= 4 is 23.6 Å². The summed E-state index contributed by atoms with van der Waals surface area (Å²) in [5.41, 5.74) is 1.82. The lowest BCUT2D eigenvalue weighted by Crippen LogP contribution is -2.58. The van der Waals surface area contributed by atoms with Crippen LogP contribution >= 0.6 is 11.8 Å². The minimum absolute atomic E-state index is 0.0200. The predicted octanol–water partition coefficient (Wildman–Crippen LogP) is 4.25. The van der Waals surface area contributed by atoms with Gasteiger partial charge in [-0.25, -0.2) is 4.79 Å². The van der Waals surface area contributed by atoms with E-state index in [1.165, 1.54) is 0 Å². The van der Waals surface area contributed by atoms with E-state index >= 15 is 0 Å². The molecule has 6 heteroatoms. The number of aromatic nitrogens is 1. The van der Waals surface area contributed by atoms with Gasteiger partial charge in [0.25, 0.3) is 0 Å². The number of benzene rings is 2. The van der Waals surface area contributed by atoms with Gasteiger partial charge in [-0.3, -0.25) is 4.79 Å². The monoisotopic (exact) mass is 432 g/mol. The third-order valence-corrected chi connectivity index (χ3v) is 7.59. The predicted molar refractivity (Wildman–Crippen MR) is 120 cm³/mol. The molecule has 1 amide bonds. The van der Waals surface area contributed by atoms with Crippen LogP contribution in [0.3, 0.4) is 0 Å². The van der Waals surface area contributed by atoms with Crippen molar-refractivity contribution in [2.45, 2.75) is 42.2 Å². The molecule has 5 nitrogen and oxygen atoms in total. The van der Waals surface area contributed by atoms with Crippen molar-refractivity contribution in [1.82, 2.24) is 9.47 Å². The molecular weight excluding hydrogens is 408 g/mol. The first-order chi connectivity index (χ1) is 15.0. The molecule has 5 rings (SSSR count). The number of esters is 1. The molecule has 2 aromatic carbocycles. The van der Waals surface area contributed by atoms with Gasteiger partial charge in [-0.1, -0.05) is 60.7 Å². The van der Waals surface area contributed by atoms with E-state index in [0.29, 0.717) is 13.0 Å². The van der Waals surface area contributed by atoms with Crippen LogP contribution in [-0.2, 0) is 20.9 Å². The van der Waals surface area contributed by atoms with Gasteiger partial charge >= 0.3 is 5.97 Å². The normalized spacial score (nSPS) is 24.7. The van der Waals surface area contributed by atoms with Gasteiger partial charge < -0.3 is 14.2 Å². The van der Waals surface area contributed by atoms with E-state index in [1.54, 1.807) is 16.7 Å². The zero-order valence-corrected chi connectivity index (χ0v) is 18.1. The second-order valence-electron chi connectivity index (χ2n) is 8.29. The average Bonchev–Trinajstić information content (AvgIpc) is 3.36. The first kappa shape index (κ1) is 19.9. The van der Waals surface area contributed by atoms with Crippen molar-refractivity contribution in [2.24, 2.45) is 0 Å². The second-order valence-corrected chi connectivity index (χ2v) is 10.00. The highest BCUT2D eigenvalue weighted by molar-refractivity contribution is 8.01. The van der Waals surface area contributed by atoms with Crippen LogP contribution in [0.25, 0.3) is 0 Å². The van der Waals surface area contributed by atoms with Crippen molar-refractivity contribution in [1.29, 1.82) is 0 Å². The molecule has 0 spiro atoms. The van der Waals surface area contributed by atoms with Gasteiger partial charge in [0, 0.05) is 18.9 Å². The Kier molecular flexibility index (Phi) is 5.10. The fraction of sp³-hybridized carbons (Fsp3) is 0.280. The molecular formula is C25H24N2O3S. The van der Waals surface area contributed by atoms with E-state index in [2.05, 4.69) is 11.5 Å². The maximum atomic E-state index is 13.6. The number of thioether (sulfide) groups is 1. The van der Waals surface area contributed by atoms with Crippen molar-refractivity contribution < 1.29 is 14.3 Å². The van der Waals surface area contributed by atoms with Crippen molar-refractivity contribution in [2.75, 3.05) is 0 Å². The second kappa shape index (κ2) is 7.93. The Morgan fingerprint density at radius 2 is 1.61 bits per heavy atom. The number of carbonyl (C=O) groups is 2. The van der Waals surface area contributed by atoms with E-state index in [9.17, 15) is 9.59 Å². The fourth-order valence-electron chi connectivity index (χ4n) is 4.57. The molecule has 2 aliphatic rings. The summed E-state index contributed by atoms with van der Waals surface area (Å²) < 4.78 is 7.76. The smallest absolute Gasteiger partial charge is 0.331 e. The summed E-state index contributed by atoms with van der Waals surface area (Å²) in [5.74, 6) is -0.331. The van der Waals surface area contributed by atoms with Gasteiger partial charge in [0.15, 0.2) is 6.10 Å². The largest absolute Gasteiger partial charge is 0.451 e. The molecule has 31 heavy (non-hydrogen) atoms. The lowest BCUT2D eigenvalue weighted by Gasteiger charge is -2.38. The van der Waals surface area contributed by atoms with Crippen molar-refractivity contribution in [3.8, 4) is 0 Å². The highest BCUT2D eigenvalue weighted by Crippen LogP contribution is 2.52. The fourth-order valence-corrected chi connectivity index (χ4v) is 6.33. The standard InChI is InChI=1S/C25H24N2O3S/c1-25(17-26-14-8-9-15-26)23(27-20(28)16-21(27)31-25)24(29)30-22(18-10-4-2-5-11-18)19-12-6-3-7-13-19/h2-15,21-23H,16-17H2,1H3/t21-,23+,25+/m1/s1. The van der Waals surface area contributed by atoms with E-state index in [-0.39, 0.29) is 17.3 Å². The number of rotatable bonds is 6. The number of hydrogen-bond acceptors (Lipinski definition) is 4. The van der Waals surface area contributed by atoms with Gasteiger partial charge in [0.05, 0.1) is 16.5 Å². The molecule has 3 aromatic rings. The minimum atomic E-state index is -0.624. The summed E-state index contributed by atoms with van der Waals surface area (Å²) in [7, 11) is 0. The molecule has 0 bridgehead atoms. The molecule has 158 valence electrons. The van der Waals surface area contributed by atoms with E-state index in [4.69, 9.17) is 4.74 Å². The molecule has 0 aliphatic carbocycles. The Morgan fingerprint density at radius 1 is 1.03 bits per heavy atom. The lowest BCUT2D eigenvalue weighted by molar-refractivity contribution is -0.164. The molecule has 3 heterocycles. The lowest BCUT2D eigenvalue weighted by atomic mass is 9.95. The number of carbonyl (C=O) groups excluding carboxylic acids is 2. The first-order valence-electron chi connectivity index (χ1n) is 10.5. The molecule has 2 saturated heterocycles. The van der Waals surface area contributed by atoms with Crippen LogP contribution in [0.15, 0.2) is 85.2 Å². The molecule has 0 radical (unpaired) electrons. The van der Waals surface area contributed by atoms with Gasteiger partial charge in [-0.05, 0) is 30.2 Å². The van der Waals surface area contributed by atoms with Crippen LogP contribution in [0.1, 0.15) is 30.6 Å². The van der Waals surface area contributed by atoms with E-state index in [0.717, 1.165) is 11.1 Å². The molecule has 0 N–H and O–H groups in total. The Hall–Kier alpha value is -2.99. The number of hydrogen-bond donors (Lipinski definition) is 0. The first-order valence-corrected chi connectivity index (χ1v) is 11.3. The molecule has 2 fully saturated rings. The SMILES string of the molecule is C[C@@]1(Cn2cccc2)S[C@@H]2CC(=O)N2[C@H]1C(=O)OC(c1ccccc1)c1ccccc1. The van der Waals surface area contributed by atoms with Crippen LogP contribution in [0, 0.1) is 0 Å². The Bertz CT molecular complexity index is 1030. The highest BCUT2D eigenvalue weighted by atomic mass is 32.2. The average molecular weight is 433 g/mol. The Labute approximate surface area is 186 Å². The van der Waals surface area contributed by atoms with Crippen LogP contribution < -0.4 is 0 Å². The third-order valence-electron chi connectivity index (χ3n) is 6.03. The number of fused-ring (bicyclic) bond motifs is 1. The third kappa shape index (κ3) is 3.65. The van der Waals surface area contributed by atoms with Crippen LogP contribution in [-0.4, -0.2) is 37.5 Å². The topological polar surface area (TPSA) is 51.5 Å². The summed E-state index contributed by atoms with van der Waals surface area (Å²) in [6.45, 7) is 2.70. The van der Waals surface area contributed by atoms with E-state index in [1.807, 2.05) is 85.2 Å². The molecule has 0 unspecified atom stereocenters. The summed E-state index contributed by atoms with van der Waals surface area (Å²) >= 11 is 1.70. The number of nitrogens with zero attached hydrogens (tertiary/aromatic N) is 2.